The molecule has 0 atom stereocenters. The summed E-state index contributed by atoms with van der Waals surface area (Å²) in [5, 5.41) is 0.604. The lowest BCUT2D eigenvalue weighted by molar-refractivity contribution is -0.136. The number of hydrogen-bond donors (Lipinski definition) is 0. The van der Waals surface area contributed by atoms with Crippen LogP contribution in [0.3, 0.4) is 0 Å². The molecular weight excluding hydrogens is 184 g/mol. The lowest BCUT2D eigenvalue weighted by atomic mass is 10.2. The van der Waals surface area contributed by atoms with Crippen molar-refractivity contribution in [2.24, 2.45) is 0 Å². The van der Waals surface area contributed by atoms with Gasteiger partial charge in [-0.15, -0.1) is 0 Å². The lowest BCUT2D eigenvalue weighted by Crippen LogP contribution is -2.04. The largest absolute Gasteiger partial charge is 0.466 e. The molecule has 0 rings (SSSR count). The molecule has 0 radical (unpaired) electrons. The van der Waals surface area contributed by atoms with Gasteiger partial charge in [0.2, 0.25) is 0 Å². The van der Waals surface area contributed by atoms with E-state index in [1.54, 1.807) is 0 Å². The molecule has 0 bridgehead atoms. The van der Waals surface area contributed by atoms with Crippen molar-refractivity contribution < 1.29 is 9.53 Å². The van der Waals surface area contributed by atoms with Crippen LogP contribution in [0.15, 0.2) is 11.6 Å². The second-order valence-electron chi connectivity index (χ2n) is 2.96. The maximum Gasteiger partial charge on any atom is 0.333 e. The molecule has 0 heterocycles. The molecule has 0 N–H and O–H groups in total. The molecule has 0 amide bonds. The molecule has 0 aliphatic heterocycles. The minimum atomic E-state index is -0.202. The van der Waals surface area contributed by atoms with E-state index < -0.39 is 0 Å². The first kappa shape index (κ1) is 12.6. The highest BCUT2D eigenvalue weighted by atomic mass is 32.2. The Morgan fingerprint density at radius 2 is 2.15 bits per heavy atom. The highest BCUT2D eigenvalue weighted by Gasteiger charge is 2.05. The van der Waals surface area contributed by atoms with E-state index in [1.807, 2.05) is 24.8 Å². The summed E-state index contributed by atoms with van der Waals surface area (Å²) < 4.78 is 4.64. The summed E-state index contributed by atoms with van der Waals surface area (Å²) in [6.07, 6.45) is 2.70. The van der Waals surface area contributed by atoms with Crippen LogP contribution in [-0.2, 0) is 9.53 Å². The maximum atomic E-state index is 11.1. The van der Waals surface area contributed by atoms with E-state index in [1.165, 1.54) is 7.11 Å². The molecule has 0 aliphatic carbocycles. The number of ether oxygens (including phenoxy) is 1. The fourth-order valence-corrected chi connectivity index (χ4v) is 1.53. The van der Waals surface area contributed by atoms with Gasteiger partial charge in [0, 0.05) is 11.3 Å². The van der Waals surface area contributed by atoms with Gasteiger partial charge in [0.15, 0.2) is 0 Å². The first-order chi connectivity index (χ1) is 6.11. The van der Waals surface area contributed by atoms with Crippen LogP contribution in [-0.4, -0.2) is 24.1 Å². The second kappa shape index (κ2) is 7.01. The van der Waals surface area contributed by atoms with Gasteiger partial charge in [0.1, 0.15) is 0 Å². The molecule has 0 unspecified atom stereocenters. The Labute approximate surface area is 84.7 Å². The van der Waals surface area contributed by atoms with Crippen molar-refractivity contribution in [3.63, 3.8) is 0 Å². The first-order valence-electron chi connectivity index (χ1n) is 4.50. The van der Waals surface area contributed by atoms with Crippen molar-refractivity contribution in [2.75, 3.05) is 12.9 Å². The van der Waals surface area contributed by atoms with Crippen LogP contribution in [0.25, 0.3) is 0 Å². The SMILES string of the molecule is CCC(=CCSC(C)C)C(=O)OC. The summed E-state index contributed by atoms with van der Waals surface area (Å²) in [5.74, 6) is 0.683. The highest BCUT2D eigenvalue weighted by molar-refractivity contribution is 8.00. The van der Waals surface area contributed by atoms with Gasteiger partial charge in [-0.2, -0.15) is 11.8 Å². The van der Waals surface area contributed by atoms with Crippen LogP contribution >= 0.6 is 11.8 Å². The van der Waals surface area contributed by atoms with Crippen LogP contribution in [0.2, 0.25) is 0 Å². The van der Waals surface area contributed by atoms with Crippen LogP contribution in [0, 0.1) is 0 Å². The molecule has 2 nitrogen and oxygen atoms in total. The van der Waals surface area contributed by atoms with Crippen molar-refractivity contribution >= 4 is 17.7 Å². The van der Waals surface area contributed by atoms with Gasteiger partial charge in [-0.25, -0.2) is 4.79 Å². The topological polar surface area (TPSA) is 26.3 Å². The van der Waals surface area contributed by atoms with Gasteiger partial charge in [0.05, 0.1) is 7.11 Å². The van der Waals surface area contributed by atoms with Crippen molar-refractivity contribution in [3.8, 4) is 0 Å². The zero-order valence-electron chi connectivity index (χ0n) is 8.79. The lowest BCUT2D eigenvalue weighted by Gasteiger charge is -2.03. The predicted molar refractivity (Wildman–Crippen MR) is 58.0 cm³/mol. The third-order valence-corrected chi connectivity index (χ3v) is 2.61. The van der Waals surface area contributed by atoms with Gasteiger partial charge < -0.3 is 4.74 Å². The third kappa shape index (κ3) is 5.75. The molecule has 0 saturated heterocycles. The summed E-state index contributed by atoms with van der Waals surface area (Å²) in [4.78, 5) is 11.1. The van der Waals surface area contributed by atoms with Gasteiger partial charge in [-0.3, -0.25) is 0 Å². The molecule has 3 heteroatoms. The summed E-state index contributed by atoms with van der Waals surface area (Å²) in [7, 11) is 1.42. The Bertz CT molecular complexity index is 185. The van der Waals surface area contributed by atoms with Crippen LogP contribution in [0.5, 0.6) is 0 Å². The number of carbonyl (C=O) groups excluding carboxylic acids is 1. The number of rotatable bonds is 5. The van der Waals surface area contributed by atoms with E-state index in [2.05, 4.69) is 18.6 Å². The number of methoxy groups -OCH3 is 1. The number of hydrogen-bond acceptors (Lipinski definition) is 3. The summed E-state index contributed by atoms with van der Waals surface area (Å²) in [5.41, 5.74) is 0.774. The quantitative estimate of drug-likeness (QED) is 0.506. The molecule has 0 aliphatic rings. The average Bonchev–Trinajstić information content (AvgIpc) is 2.11. The Kier molecular flexibility index (Phi) is 6.77. The van der Waals surface area contributed by atoms with E-state index in [-0.39, 0.29) is 5.97 Å². The first-order valence-corrected chi connectivity index (χ1v) is 5.55. The molecule has 0 saturated carbocycles. The van der Waals surface area contributed by atoms with E-state index in [9.17, 15) is 4.79 Å². The molecule has 0 spiro atoms. The van der Waals surface area contributed by atoms with E-state index in [4.69, 9.17) is 0 Å². The molecular formula is C10H18O2S. The summed E-state index contributed by atoms with van der Waals surface area (Å²) in [6, 6.07) is 0. The highest BCUT2D eigenvalue weighted by Crippen LogP contribution is 2.11. The van der Waals surface area contributed by atoms with Crippen LogP contribution in [0.4, 0.5) is 0 Å². The zero-order chi connectivity index (χ0) is 10.3. The van der Waals surface area contributed by atoms with Crippen molar-refractivity contribution in [3.05, 3.63) is 11.6 Å². The maximum absolute atomic E-state index is 11.1. The molecule has 76 valence electrons. The van der Waals surface area contributed by atoms with Crippen molar-refractivity contribution in [1.29, 1.82) is 0 Å². The minimum Gasteiger partial charge on any atom is -0.466 e. The molecule has 13 heavy (non-hydrogen) atoms. The van der Waals surface area contributed by atoms with E-state index >= 15 is 0 Å². The van der Waals surface area contributed by atoms with E-state index in [0.29, 0.717) is 5.25 Å². The Balaban J connectivity index is 4.00. The van der Waals surface area contributed by atoms with E-state index in [0.717, 1.165) is 17.7 Å². The normalized spacial score (nSPS) is 11.9. The Morgan fingerprint density at radius 1 is 1.54 bits per heavy atom. The summed E-state index contributed by atoms with van der Waals surface area (Å²) in [6.45, 7) is 6.24. The molecule has 0 aromatic heterocycles. The smallest absolute Gasteiger partial charge is 0.333 e. The van der Waals surface area contributed by atoms with Gasteiger partial charge in [-0.05, 0) is 11.7 Å². The molecule has 0 aromatic carbocycles. The monoisotopic (exact) mass is 202 g/mol. The standard InChI is InChI=1S/C10H18O2S/c1-5-9(10(11)12-4)6-7-13-8(2)3/h6,8H,5,7H2,1-4H3. The fraction of sp³-hybridized carbons (Fsp3) is 0.700. The Morgan fingerprint density at radius 3 is 2.54 bits per heavy atom. The van der Waals surface area contributed by atoms with Gasteiger partial charge in [-0.1, -0.05) is 26.8 Å². The van der Waals surface area contributed by atoms with Crippen molar-refractivity contribution in [2.45, 2.75) is 32.4 Å². The third-order valence-electron chi connectivity index (χ3n) is 1.59. The predicted octanol–water partition coefficient (Wildman–Crippen LogP) is 2.64. The van der Waals surface area contributed by atoms with Gasteiger partial charge in [0.25, 0.3) is 0 Å². The number of esters is 1. The molecule has 0 aromatic rings. The van der Waals surface area contributed by atoms with Crippen LogP contribution in [0.1, 0.15) is 27.2 Å². The van der Waals surface area contributed by atoms with Crippen LogP contribution < -0.4 is 0 Å². The van der Waals surface area contributed by atoms with Gasteiger partial charge >= 0.3 is 5.97 Å². The second-order valence-corrected chi connectivity index (χ2v) is 4.57. The summed E-state index contributed by atoms with van der Waals surface area (Å²) >= 11 is 1.82. The van der Waals surface area contributed by atoms with Crippen molar-refractivity contribution in [1.82, 2.24) is 0 Å². The molecule has 0 fully saturated rings. The Hall–Kier alpha value is -0.440. The minimum absolute atomic E-state index is 0.202. The number of thioether (sulfide) groups is 1. The number of carbonyl (C=O) groups is 1. The zero-order valence-corrected chi connectivity index (χ0v) is 9.61. The fourth-order valence-electron chi connectivity index (χ4n) is 0.844. The average molecular weight is 202 g/mol.